The highest BCUT2D eigenvalue weighted by Crippen LogP contribution is 2.18. The van der Waals surface area contributed by atoms with Gasteiger partial charge in [0.25, 0.3) is 5.91 Å². The van der Waals surface area contributed by atoms with Crippen LogP contribution < -0.4 is 5.32 Å². The van der Waals surface area contributed by atoms with Gasteiger partial charge in [0.1, 0.15) is 0 Å². The Morgan fingerprint density at radius 1 is 1.00 bits per heavy atom. The fraction of sp³-hybridized carbons (Fsp3) is 0.238. The van der Waals surface area contributed by atoms with Crippen molar-refractivity contribution in [3.8, 4) is 11.5 Å². The molecule has 7 nitrogen and oxygen atoms in total. The Kier molecular flexibility index (Phi) is 5.42. The average Bonchev–Trinajstić information content (AvgIpc) is 3.42. The molecular weight excluding hydrogens is 356 g/mol. The third-order valence-electron chi connectivity index (χ3n) is 4.47. The summed E-state index contributed by atoms with van der Waals surface area (Å²) in [4.78, 5) is 17.6. The zero-order valence-corrected chi connectivity index (χ0v) is 15.2. The molecule has 3 aromatic rings. The van der Waals surface area contributed by atoms with Crippen molar-refractivity contribution in [1.29, 1.82) is 0 Å². The zero-order chi connectivity index (χ0) is 19.2. The molecule has 0 radical (unpaired) electrons. The maximum atomic E-state index is 12.3. The van der Waals surface area contributed by atoms with E-state index in [0.717, 1.165) is 24.1 Å². The Labute approximate surface area is 162 Å². The number of nitrogens with one attached hydrogen (secondary N) is 1. The summed E-state index contributed by atoms with van der Waals surface area (Å²) in [6, 6.07) is 19.7. The molecule has 28 heavy (non-hydrogen) atoms. The van der Waals surface area contributed by atoms with Crippen molar-refractivity contribution in [3.63, 3.8) is 0 Å². The molecule has 0 bridgehead atoms. The summed E-state index contributed by atoms with van der Waals surface area (Å²) in [5.74, 6) is 0.529. The van der Waals surface area contributed by atoms with Gasteiger partial charge in [-0.3, -0.25) is 4.79 Å². The Morgan fingerprint density at radius 2 is 1.75 bits per heavy atom. The molecule has 2 heterocycles. The van der Waals surface area contributed by atoms with Crippen LogP contribution in [0.4, 0.5) is 0 Å². The van der Waals surface area contributed by atoms with Gasteiger partial charge < -0.3 is 14.6 Å². The van der Waals surface area contributed by atoms with Crippen molar-refractivity contribution in [1.82, 2.24) is 15.5 Å². The van der Waals surface area contributed by atoms with Crippen LogP contribution in [0.15, 0.2) is 70.2 Å². The van der Waals surface area contributed by atoms with Crippen LogP contribution in [-0.2, 0) is 22.6 Å². The summed E-state index contributed by atoms with van der Waals surface area (Å²) in [6.45, 7) is 0.151. The number of hydrogen-bond donors (Lipinski definition) is 1. The van der Waals surface area contributed by atoms with Crippen molar-refractivity contribution >= 4 is 11.6 Å². The number of carbonyl (C=O) groups is 1. The van der Waals surface area contributed by atoms with Crippen LogP contribution in [0.25, 0.3) is 11.5 Å². The summed E-state index contributed by atoms with van der Waals surface area (Å²) in [5, 5.41) is 14.8. The molecular formula is C21H20N4O3. The van der Waals surface area contributed by atoms with Crippen molar-refractivity contribution in [2.45, 2.75) is 31.9 Å². The SMILES string of the molecule is O=C(NCc1nnc(-c2ccccc2)o1)C1CC(CCc2ccccc2)=NO1. The standard InChI is InChI=1S/C21H20N4O3/c26-20(18-13-17(25-28-18)12-11-15-7-3-1-4-8-15)22-14-19-23-24-21(27-19)16-9-5-2-6-10-16/h1-10,18H,11-14H2,(H,22,26). The van der Waals surface area contributed by atoms with Crippen LogP contribution in [0.2, 0.25) is 0 Å². The van der Waals surface area contributed by atoms with Crippen molar-refractivity contribution in [2.24, 2.45) is 5.16 Å². The van der Waals surface area contributed by atoms with Gasteiger partial charge in [0.2, 0.25) is 17.9 Å². The van der Waals surface area contributed by atoms with Gasteiger partial charge >= 0.3 is 0 Å². The number of amides is 1. The number of benzene rings is 2. The quantitative estimate of drug-likeness (QED) is 0.684. The molecule has 1 unspecified atom stereocenters. The second kappa shape index (κ2) is 8.47. The van der Waals surface area contributed by atoms with E-state index in [2.05, 4.69) is 32.8 Å². The van der Waals surface area contributed by atoms with E-state index in [-0.39, 0.29) is 12.5 Å². The molecule has 0 spiro atoms. The van der Waals surface area contributed by atoms with Crippen LogP contribution in [0.3, 0.4) is 0 Å². The van der Waals surface area contributed by atoms with Crippen molar-refractivity contribution in [2.75, 3.05) is 0 Å². The number of aryl methyl sites for hydroxylation is 1. The van der Waals surface area contributed by atoms with E-state index in [1.807, 2.05) is 48.5 Å². The molecule has 2 aromatic carbocycles. The summed E-state index contributed by atoms with van der Waals surface area (Å²) in [6.07, 6.45) is 1.54. The van der Waals surface area contributed by atoms with Gasteiger partial charge in [-0.1, -0.05) is 53.7 Å². The number of oxime groups is 1. The first kappa shape index (κ1) is 17.9. The van der Waals surface area contributed by atoms with Crippen LogP contribution in [0, 0.1) is 0 Å². The maximum Gasteiger partial charge on any atom is 0.264 e. The highest BCUT2D eigenvalue weighted by molar-refractivity contribution is 5.92. The van der Waals surface area contributed by atoms with Gasteiger partial charge in [0.05, 0.1) is 12.3 Å². The largest absolute Gasteiger partial charge is 0.419 e. The molecule has 1 amide bonds. The fourth-order valence-corrected chi connectivity index (χ4v) is 2.95. The molecule has 0 fully saturated rings. The highest BCUT2D eigenvalue weighted by atomic mass is 16.6. The molecule has 1 aliphatic heterocycles. The topological polar surface area (TPSA) is 89.6 Å². The molecule has 4 rings (SSSR count). The normalized spacial score (nSPS) is 15.7. The van der Waals surface area contributed by atoms with Crippen LogP contribution in [-0.4, -0.2) is 27.9 Å². The highest BCUT2D eigenvalue weighted by Gasteiger charge is 2.28. The molecule has 142 valence electrons. The number of aromatic nitrogens is 2. The Bertz CT molecular complexity index is 954. The first-order valence-electron chi connectivity index (χ1n) is 9.19. The smallest absolute Gasteiger partial charge is 0.264 e. The number of rotatable bonds is 7. The first-order chi connectivity index (χ1) is 13.8. The summed E-state index contributed by atoms with van der Waals surface area (Å²) >= 11 is 0. The Hall–Kier alpha value is -3.48. The lowest BCUT2D eigenvalue weighted by Gasteiger charge is -2.07. The van der Waals surface area contributed by atoms with Gasteiger partial charge in [0.15, 0.2) is 0 Å². The van der Waals surface area contributed by atoms with Gasteiger partial charge in [-0.25, -0.2) is 0 Å². The predicted molar refractivity (Wildman–Crippen MR) is 103 cm³/mol. The number of hydrogen-bond acceptors (Lipinski definition) is 6. The average molecular weight is 376 g/mol. The second-order valence-corrected chi connectivity index (χ2v) is 6.53. The third-order valence-corrected chi connectivity index (χ3v) is 4.47. The summed E-state index contributed by atoms with van der Waals surface area (Å²) in [5.41, 5.74) is 2.97. The first-order valence-corrected chi connectivity index (χ1v) is 9.19. The van der Waals surface area contributed by atoms with E-state index in [4.69, 9.17) is 9.25 Å². The summed E-state index contributed by atoms with van der Waals surface area (Å²) in [7, 11) is 0. The van der Waals surface area contributed by atoms with Gasteiger partial charge in [-0.05, 0) is 30.5 Å². The van der Waals surface area contributed by atoms with E-state index in [0.29, 0.717) is 18.2 Å². The van der Waals surface area contributed by atoms with Gasteiger partial charge in [-0.15, -0.1) is 10.2 Å². The molecule has 7 heteroatoms. The van der Waals surface area contributed by atoms with Crippen LogP contribution in [0.5, 0.6) is 0 Å². The minimum Gasteiger partial charge on any atom is -0.419 e. The minimum absolute atomic E-state index is 0.151. The third kappa shape index (κ3) is 4.43. The molecule has 1 aliphatic rings. The summed E-state index contributed by atoms with van der Waals surface area (Å²) < 4.78 is 5.59. The van der Waals surface area contributed by atoms with Gasteiger partial charge in [0, 0.05) is 12.0 Å². The number of carbonyl (C=O) groups excluding carboxylic acids is 1. The van der Waals surface area contributed by atoms with Crippen molar-refractivity contribution < 1.29 is 14.0 Å². The van der Waals surface area contributed by atoms with E-state index < -0.39 is 6.10 Å². The second-order valence-electron chi connectivity index (χ2n) is 6.53. The van der Waals surface area contributed by atoms with Crippen LogP contribution in [0.1, 0.15) is 24.3 Å². The van der Waals surface area contributed by atoms with Gasteiger partial charge in [-0.2, -0.15) is 0 Å². The van der Waals surface area contributed by atoms with E-state index in [9.17, 15) is 4.79 Å². The Morgan fingerprint density at radius 3 is 2.54 bits per heavy atom. The van der Waals surface area contributed by atoms with Crippen LogP contribution >= 0.6 is 0 Å². The molecule has 0 saturated carbocycles. The number of nitrogens with zero attached hydrogens (tertiary/aromatic N) is 3. The molecule has 0 saturated heterocycles. The molecule has 1 aromatic heterocycles. The van der Waals surface area contributed by atoms with E-state index in [1.54, 1.807) is 0 Å². The lowest BCUT2D eigenvalue weighted by atomic mass is 10.0. The minimum atomic E-state index is -0.609. The molecule has 1 N–H and O–H groups in total. The maximum absolute atomic E-state index is 12.3. The fourth-order valence-electron chi connectivity index (χ4n) is 2.95. The lowest BCUT2D eigenvalue weighted by Crippen LogP contribution is -2.34. The molecule has 0 aliphatic carbocycles. The molecule has 1 atom stereocenters. The zero-order valence-electron chi connectivity index (χ0n) is 15.2. The van der Waals surface area contributed by atoms with E-state index in [1.165, 1.54) is 5.56 Å². The predicted octanol–water partition coefficient (Wildman–Crippen LogP) is 3.13. The van der Waals surface area contributed by atoms with Crippen molar-refractivity contribution in [3.05, 3.63) is 72.1 Å². The monoisotopic (exact) mass is 376 g/mol. The lowest BCUT2D eigenvalue weighted by molar-refractivity contribution is -0.131. The Balaban J connectivity index is 1.23. The van der Waals surface area contributed by atoms with E-state index >= 15 is 0 Å².